The number of ether oxygens (including phenoxy) is 2. The van der Waals surface area contributed by atoms with Crippen molar-refractivity contribution in [3.8, 4) is 0 Å². The van der Waals surface area contributed by atoms with E-state index in [-0.39, 0.29) is 11.9 Å². The van der Waals surface area contributed by atoms with Crippen LogP contribution in [0.3, 0.4) is 0 Å². The number of hydrogen-bond donors (Lipinski definition) is 0. The van der Waals surface area contributed by atoms with Crippen LogP contribution in [0, 0.1) is 0 Å². The maximum Gasteiger partial charge on any atom is 0.180 e. The molecule has 3 aromatic carbocycles. The van der Waals surface area contributed by atoms with E-state index in [4.69, 9.17) is 9.47 Å². The predicted molar refractivity (Wildman–Crippen MR) is 129 cm³/mol. The van der Waals surface area contributed by atoms with E-state index in [1.807, 2.05) is 0 Å². The molecule has 1 aliphatic rings. The van der Waals surface area contributed by atoms with E-state index in [9.17, 15) is 0 Å². The Hall–Kier alpha value is -2.25. The zero-order chi connectivity index (χ0) is 21.0. The van der Waals surface area contributed by atoms with E-state index in [0.29, 0.717) is 6.61 Å². The Kier molecular flexibility index (Phi) is 6.20. The molecule has 0 radical (unpaired) electrons. The molecule has 154 valence electrons. The van der Waals surface area contributed by atoms with Crippen molar-refractivity contribution in [3.63, 3.8) is 0 Å². The van der Waals surface area contributed by atoms with Gasteiger partial charge in [-0.2, -0.15) is 0 Å². The summed E-state index contributed by atoms with van der Waals surface area (Å²) < 4.78 is 12.0. The summed E-state index contributed by atoms with van der Waals surface area (Å²) >= 11 is 0. The third-order valence-corrected chi connectivity index (χ3v) is 9.93. The average molecular weight is 418 g/mol. The van der Waals surface area contributed by atoms with Crippen molar-refractivity contribution in [2.45, 2.75) is 32.7 Å². The summed E-state index contributed by atoms with van der Waals surface area (Å²) in [5.41, 5.74) is 0.914. The molecule has 0 amide bonds. The maximum atomic E-state index is 6.11. The smallest absolute Gasteiger partial charge is 0.180 e. The Balaban J connectivity index is 1.82. The molecule has 0 bridgehead atoms. The fourth-order valence-corrected chi connectivity index (χ4v) is 8.18. The average Bonchev–Trinajstić information content (AvgIpc) is 3.16. The Bertz CT molecular complexity index is 884. The topological polar surface area (TPSA) is 18.5 Å². The van der Waals surface area contributed by atoms with Crippen molar-refractivity contribution in [1.29, 1.82) is 0 Å². The van der Waals surface area contributed by atoms with Gasteiger partial charge in [0.2, 0.25) is 0 Å². The molecule has 3 aromatic rings. The SMILES string of the molecule is C/C(=C\C[P+](c1ccccc1)(c1ccccc1)c1ccccc1)C1OCC(C)(C)O1. The van der Waals surface area contributed by atoms with E-state index in [1.54, 1.807) is 0 Å². The van der Waals surface area contributed by atoms with Crippen molar-refractivity contribution in [1.82, 2.24) is 0 Å². The van der Waals surface area contributed by atoms with Gasteiger partial charge in [0.15, 0.2) is 6.29 Å². The van der Waals surface area contributed by atoms with E-state index in [0.717, 1.165) is 11.7 Å². The monoisotopic (exact) mass is 417 g/mol. The largest absolute Gasteiger partial charge is 0.346 e. The molecular formula is C27H30O2P+. The van der Waals surface area contributed by atoms with Crippen LogP contribution in [0.25, 0.3) is 0 Å². The molecule has 0 aromatic heterocycles. The van der Waals surface area contributed by atoms with Gasteiger partial charge in [0.05, 0.1) is 18.4 Å². The van der Waals surface area contributed by atoms with Gasteiger partial charge in [-0.3, -0.25) is 0 Å². The van der Waals surface area contributed by atoms with Crippen LogP contribution in [0.2, 0.25) is 0 Å². The fourth-order valence-electron chi connectivity index (χ4n) is 4.05. The van der Waals surface area contributed by atoms with Crippen LogP contribution in [0.5, 0.6) is 0 Å². The van der Waals surface area contributed by atoms with Crippen molar-refractivity contribution < 1.29 is 9.47 Å². The van der Waals surface area contributed by atoms with Crippen LogP contribution >= 0.6 is 7.26 Å². The second kappa shape index (κ2) is 8.86. The van der Waals surface area contributed by atoms with Crippen LogP contribution in [0.1, 0.15) is 20.8 Å². The first kappa shape index (κ1) is 21.0. The second-order valence-corrected chi connectivity index (χ2v) is 12.0. The van der Waals surface area contributed by atoms with E-state index in [2.05, 4.69) is 118 Å². The molecule has 1 aliphatic heterocycles. The molecule has 1 fully saturated rings. The molecule has 0 N–H and O–H groups in total. The van der Waals surface area contributed by atoms with Gasteiger partial charge in [-0.1, -0.05) is 54.6 Å². The highest BCUT2D eigenvalue weighted by Gasteiger charge is 2.44. The Morgan fingerprint density at radius 1 is 0.833 bits per heavy atom. The molecular weight excluding hydrogens is 387 g/mol. The number of rotatable bonds is 6. The van der Waals surface area contributed by atoms with Gasteiger partial charge in [-0.05, 0) is 68.8 Å². The summed E-state index contributed by atoms with van der Waals surface area (Å²) in [4.78, 5) is 0. The van der Waals surface area contributed by atoms with E-state index < -0.39 is 7.26 Å². The van der Waals surface area contributed by atoms with Crippen molar-refractivity contribution in [3.05, 3.63) is 103 Å². The molecule has 1 heterocycles. The minimum absolute atomic E-state index is 0.232. The minimum atomic E-state index is -1.87. The molecule has 1 unspecified atom stereocenters. The molecule has 3 heteroatoms. The molecule has 2 nitrogen and oxygen atoms in total. The molecule has 0 aliphatic carbocycles. The lowest BCUT2D eigenvalue weighted by Crippen LogP contribution is -2.33. The highest BCUT2D eigenvalue weighted by Crippen LogP contribution is 2.55. The van der Waals surface area contributed by atoms with Crippen LogP contribution in [0.15, 0.2) is 103 Å². The first-order valence-corrected chi connectivity index (χ1v) is 12.5. The summed E-state index contributed by atoms with van der Waals surface area (Å²) in [5.74, 6) is 0. The molecule has 0 spiro atoms. The third kappa shape index (κ3) is 4.27. The second-order valence-electron chi connectivity index (χ2n) is 8.47. The van der Waals surface area contributed by atoms with Gasteiger partial charge in [0.1, 0.15) is 23.2 Å². The van der Waals surface area contributed by atoms with Gasteiger partial charge in [0, 0.05) is 0 Å². The van der Waals surface area contributed by atoms with Crippen LogP contribution in [-0.4, -0.2) is 24.7 Å². The van der Waals surface area contributed by atoms with Crippen LogP contribution < -0.4 is 15.9 Å². The lowest BCUT2D eigenvalue weighted by Gasteiger charge is -2.27. The van der Waals surface area contributed by atoms with Crippen molar-refractivity contribution in [2.75, 3.05) is 12.8 Å². The lowest BCUT2D eigenvalue weighted by atomic mass is 10.2. The lowest BCUT2D eigenvalue weighted by molar-refractivity contribution is -0.0522. The normalized spacial score (nSPS) is 19.0. The Labute approximate surface area is 180 Å². The first-order chi connectivity index (χ1) is 14.5. The van der Waals surface area contributed by atoms with Gasteiger partial charge < -0.3 is 9.47 Å². The fraction of sp³-hybridized carbons (Fsp3) is 0.259. The number of benzene rings is 3. The minimum Gasteiger partial charge on any atom is -0.346 e. The van der Waals surface area contributed by atoms with Crippen molar-refractivity contribution in [2.24, 2.45) is 0 Å². The van der Waals surface area contributed by atoms with Gasteiger partial charge in [-0.15, -0.1) is 0 Å². The van der Waals surface area contributed by atoms with Gasteiger partial charge in [-0.25, -0.2) is 0 Å². The van der Waals surface area contributed by atoms with Crippen molar-refractivity contribution >= 4 is 23.2 Å². The Morgan fingerprint density at radius 2 is 1.27 bits per heavy atom. The highest BCUT2D eigenvalue weighted by molar-refractivity contribution is 7.95. The van der Waals surface area contributed by atoms with Gasteiger partial charge in [0.25, 0.3) is 0 Å². The van der Waals surface area contributed by atoms with Gasteiger partial charge >= 0.3 is 0 Å². The zero-order valence-electron chi connectivity index (χ0n) is 18.0. The maximum absolute atomic E-state index is 6.11. The number of allylic oxidation sites excluding steroid dienone is 1. The highest BCUT2D eigenvalue weighted by atomic mass is 31.2. The first-order valence-electron chi connectivity index (χ1n) is 10.5. The molecule has 1 saturated heterocycles. The third-order valence-electron chi connectivity index (χ3n) is 5.66. The van der Waals surface area contributed by atoms with Crippen LogP contribution in [-0.2, 0) is 9.47 Å². The summed E-state index contributed by atoms with van der Waals surface area (Å²) in [6.45, 7) is 6.91. The molecule has 1 atom stereocenters. The Morgan fingerprint density at radius 3 is 1.63 bits per heavy atom. The van der Waals surface area contributed by atoms with E-state index >= 15 is 0 Å². The summed E-state index contributed by atoms with van der Waals surface area (Å²) in [5, 5.41) is 4.17. The summed E-state index contributed by atoms with van der Waals surface area (Å²) in [6, 6.07) is 32.9. The quantitative estimate of drug-likeness (QED) is 0.411. The molecule has 4 rings (SSSR count). The predicted octanol–water partition coefficient (Wildman–Crippen LogP) is 5.08. The standard InChI is InChI=1S/C27H30O2P/c1-22(26-28-21-27(2,3)29-26)19-20-30(23-13-7-4-8-14-23,24-15-9-5-10-16-24)25-17-11-6-12-18-25/h4-19,26H,20-21H2,1-3H3/q+1/b22-19+. The van der Waals surface area contributed by atoms with E-state index in [1.165, 1.54) is 15.9 Å². The number of hydrogen-bond acceptors (Lipinski definition) is 2. The summed E-state index contributed by atoms with van der Waals surface area (Å²) in [7, 11) is -1.87. The van der Waals surface area contributed by atoms with Crippen LogP contribution in [0.4, 0.5) is 0 Å². The zero-order valence-corrected chi connectivity index (χ0v) is 18.9. The summed E-state index contributed by atoms with van der Waals surface area (Å²) in [6.07, 6.45) is 3.01. The molecule has 30 heavy (non-hydrogen) atoms. The molecule has 0 saturated carbocycles.